The van der Waals surface area contributed by atoms with Gasteiger partial charge < -0.3 is 15.1 Å². The van der Waals surface area contributed by atoms with E-state index in [1.54, 1.807) is 35.3 Å². The van der Waals surface area contributed by atoms with Crippen LogP contribution in [-0.4, -0.2) is 93.6 Å². The maximum Gasteiger partial charge on any atom is 0.295 e. The van der Waals surface area contributed by atoms with Gasteiger partial charge >= 0.3 is 0 Å². The summed E-state index contributed by atoms with van der Waals surface area (Å²) in [5.74, 6) is 6.02. The summed E-state index contributed by atoms with van der Waals surface area (Å²) in [5, 5.41) is 3.35. The standard InChI is InChI=1S/C59H58N4O14S4/c1-6-61-48-28-26-43-45(33-41(78(66,67)68)35-50(43)80(72,73)74)56(48)58(2,3)52(61)21-9-7-10-22-53-59(4,5)57-46-34-42(79(69,70)71)36-51(81(75,76)77)44(46)27-29-49(57)62(53)32-16-8-11-23-54(64)60-31-30-55(65)63-37-40-19-13-12-17-38(40)24-25-39-18-14-15-20-47(39)63/h7,9-10,12-15,17-22,26-29,33-36H,6,8,11,16,23,30-32,37H2,1-5H3,(H4-,60,64,66,67,68,69,70,71,72,73,74,75,76,77)/p+1. The van der Waals surface area contributed by atoms with Crippen molar-refractivity contribution in [2.45, 2.75) is 104 Å². The molecule has 422 valence electrons. The molecule has 3 heterocycles. The van der Waals surface area contributed by atoms with Crippen LogP contribution in [0.5, 0.6) is 0 Å². The second-order valence-electron chi connectivity index (χ2n) is 21.0. The van der Waals surface area contributed by atoms with Crippen molar-refractivity contribution in [3.8, 4) is 11.8 Å². The molecule has 3 aliphatic heterocycles. The lowest BCUT2D eigenvalue weighted by Gasteiger charge is -2.26. The maximum atomic E-state index is 13.7. The van der Waals surface area contributed by atoms with Crippen LogP contribution in [0.15, 0.2) is 153 Å². The molecule has 0 saturated heterocycles. The predicted molar refractivity (Wildman–Crippen MR) is 309 cm³/mol. The number of carbonyl (C=O) groups is 2. The largest absolute Gasteiger partial charge is 0.356 e. The Morgan fingerprint density at radius 1 is 0.630 bits per heavy atom. The smallest absolute Gasteiger partial charge is 0.295 e. The second-order valence-corrected chi connectivity index (χ2v) is 26.6. The van der Waals surface area contributed by atoms with Gasteiger partial charge in [-0.05, 0) is 116 Å². The van der Waals surface area contributed by atoms with E-state index in [0.717, 1.165) is 22.4 Å². The van der Waals surface area contributed by atoms with Gasteiger partial charge in [0, 0.05) is 88.8 Å². The molecule has 0 aliphatic carbocycles. The van der Waals surface area contributed by atoms with E-state index in [9.17, 15) is 61.5 Å². The number of benzene rings is 6. The Morgan fingerprint density at radius 3 is 1.85 bits per heavy atom. The lowest BCUT2D eigenvalue weighted by molar-refractivity contribution is -0.438. The van der Waals surface area contributed by atoms with Crippen LogP contribution < -0.4 is 15.1 Å². The topological polar surface area (TPSA) is 273 Å². The first-order valence-corrected chi connectivity index (χ1v) is 31.7. The van der Waals surface area contributed by atoms with Crippen molar-refractivity contribution >= 4 is 96.6 Å². The fraction of sp³-hybridized carbons (Fsp3) is 0.271. The summed E-state index contributed by atoms with van der Waals surface area (Å²) in [4.78, 5) is 27.8. The van der Waals surface area contributed by atoms with Gasteiger partial charge in [-0.15, -0.1) is 0 Å². The molecule has 0 unspecified atom stereocenters. The number of unbranched alkanes of at least 4 members (excludes halogenated alkanes) is 2. The number of nitrogens with zero attached hydrogens (tertiary/aromatic N) is 3. The minimum absolute atomic E-state index is 0.0318. The maximum absolute atomic E-state index is 13.7. The van der Waals surface area contributed by atoms with Crippen molar-refractivity contribution in [1.29, 1.82) is 0 Å². The number of amides is 2. The summed E-state index contributed by atoms with van der Waals surface area (Å²) in [6.45, 7) is 10.7. The van der Waals surface area contributed by atoms with Crippen molar-refractivity contribution in [1.82, 2.24) is 5.32 Å². The van der Waals surface area contributed by atoms with E-state index in [2.05, 4.69) is 17.2 Å². The van der Waals surface area contributed by atoms with Crippen LogP contribution in [0.1, 0.15) is 94.5 Å². The highest BCUT2D eigenvalue weighted by molar-refractivity contribution is 7.87. The number of allylic oxidation sites excluding steroid dienone is 6. The van der Waals surface area contributed by atoms with Gasteiger partial charge in [0.25, 0.3) is 40.5 Å². The van der Waals surface area contributed by atoms with Crippen molar-refractivity contribution in [2.75, 3.05) is 29.4 Å². The number of para-hydroxylation sites is 1. The van der Waals surface area contributed by atoms with Crippen LogP contribution in [0.25, 0.3) is 21.5 Å². The molecular weight excluding hydrogens is 1120 g/mol. The fourth-order valence-corrected chi connectivity index (χ4v) is 14.1. The summed E-state index contributed by atoms with van der Waals surface area (Å²) < 4.78 is 143. The zero-order chi connectivity index (χ0) is 58.6. The highest BCUT2D eigenvalue weighted by atomic mass is 32.2. The molecule has 18 nitrogen and oxygen atoms in total. The average molecular weight is 1180 g/mol. The number of hydrogen-bond acceptors (Lipinski definition) is 11. The van der Waals surface area contributed by atoms with Crippen LogP contribution in [0.3, 0.4) is 0 Å². The molecule has 0 saturated carbocycles. The molecule has 0 radical (unpaired) electrons. The normalized spacial score (nSPS) is 16.3. The number of anilines is 2. The predicted octanol–water partition coefficient (Wildman–Crippen LogP) is 9.18. The molecule has 0 aromatic heterocycles. The number of carbonyl (C=O) groups excluding carboxylic acids is 2. The Hall–Kier alpha value is -7.33. The summed E-state index contributed by atoms with van der Waals surface area (Å²) in [5.41, 5.74) is 5.14. The highest BCUT2D eigenvalue weighted by Crippen LogP contribution is 2.52. The molecule has 2 amide bonds. The molecule has 81 heavy (non-hydrogen) atoms. The third-order valence-electron chi connectivity index (χ3n) is 15.1. The molecule has 6 aromatic carbocycles. The highest BCUT2D eigenvalue weighted by Gasteiger charge is 2.46. The first kappa shape index (κ1) is 58.3. The van der Waals surface area contributed by atoms with E-state index < -0.39 is 70.9 Å². The van der Waals surface area contributed by atoms with E-state index >= 15 is 0 Å². The third kappa shape index (κ3) is 11.5. The SMILES string of the molecule is CCN1C(=CC=CC=CC2=[N+](CCCCCC(=O)NCCC(=O)N3Cc4ccccc4C#Cc4ccccc43)c3ccc4c(S(=O)(=O)O)cc(S(=O)(=O)O)cc4c3C2(C)C)C(C)(C)c2c1ccc1c(S(=O)(=O)O)cc(S(=O)(=O)O)cc21. The van der Waals surface area contributed by atoms with Gasteiger partial charge in [0.05, 0.1) is 27.4 Å². The summed E-state index contributed by atoms with van der Waals surface area (Å²) in [6.07, 6.45) is 11.0. The lowest BCUT2D eigenvalue weighted by atomic mass is 9.79. The van der Waals surface area contributed by atoms with Crippen LogP contribution in [0.4, 0.5) is 17.1 Å². The summed E-state index contributed by atoms with van der Waals surface area (Å²) in [6, 6.07) is 25.3. The lowest BCUT2D eigenvalue weighted by Crippen LogP contribution is -2.35. The number of rotatable bonds is 17. The Kier molecular flexibility index (Phi) is 15.7. The quantitative estimate of drug-likeness (QED) is 0.0187. The Labute approximate surface area is 471 Å². The second kappa shape index (κ2) is 21.9. The fourth-order valence-electron chi connectivity index (χ4n) is 11.4. The molecule has 22 heteroatoms. The Balaban J connectivity index is 0.961. The molecule has 0 atom stereocenters. The number of likely N-dealkylation sites (N-methyl/N-ethyl adjacent to an activating group) is 1. The van der Waals surface area contributed by atoms with Gasteiger partial charge in [-0.3, -0.25) is 27.8 Å². The summed E-state index contributed by atoms with van der Waals surface area (Å²) >= 11 is 0. The van der Waals surface area contributed by atoms with E-state index in [4.69, 9.17) is 0 Å². The zero-order valence-electron chi connectivity index (χ0n) is 44.8. The van der Waals surface area contributed by atoms with Gasteiger partial charge in [-0.2, -0.15) is 38.2 Å². The van der Waals surface area contributed by atoms with Gasteiger partial charge in [-0.25, -0.2) is 0 Å². The zero-order valence-corrected chi connectivity index (χ0v) is 48.1. The minimum atomic E-state index is -5.00. The Bertz CT molecular complexity index is 4320. The average Bonchev–Trinajstić information content (AvgIpc) is 2.09. The van der Waals surface area contributed by atoms with Crippen LogP contribution in [-0.2, 0) is 67.4 Å². The van der Waals surface area contributed by atoms with Crippen LogP contribution in [0, 0.1) is 11.8 Å². The molecule has 9 rings (SSSR count). The van der Waals surface area contributed by atoms with E-state index in [1.165, 1.54) is 24.3 Å². The summed E-state index contributed by atoms with van der Waals surface area (Å²) in [7, 11) is -19.8. The van der Waals surface area contributed by atoms with Crippen molar-refractivity contribution in [2.24, 2.45) is 0 Å². The van der Waals surface area contributed by atoms with E-state index in [-0.39, 0.29) is 52.7 Å². The molecule has 5 N–H and O–H groups in total. The first-order chi connectivity index (χ1) is 38.0. The van der Waals surface area contributed by atoms with Crippen LogP contribution >= 0.6 is 0 Å². The van der Waals surface area contributed by atoms with Crippen molar-refractivity contribution in [3.63, 3.8) is 0 Å². The van der Waals surface area contributed by atoms with Crippen molar-refractivity contribution < 1.29 is 66.0 Å². The van der Waals surface area contributed by atoms with Gasteiger partial charge in [0.2, 0.25) is 17.5 Å². The first-order valence-electron chi connectivity index (χ1n) is 25.9. The molecule has 0 fully saturated rings. The van der Waals surface area contributed by atoms with Crippen LogP contribution in [0.2, 0.25) is 0 Å². The van der Waals surface area contributed by atoms with E-state index in [1.807, 2.05) is 105 Å². The Morgan fingerprint density at radius 2 is 1.22 bits per heavy atom. The van der Waals surface area contributed by atoms with E-state index in [0.29, 0.717) is 84.9 Å². The number of nitrogens with one attached hydrogen (secondary N) is 1. The molecule has 3 aliphatic rings. The van der Waals surface area contributed by atoms with Gasteiger partial charge in [0.15, 0.2) is 5.71 Å². The third-order valence-corrected chi connectivity index (χ3v) is 18.6. The van der Waals surface area contributed by atoms with Crippen molar-refractivity contribution in [3.05, 3.63) is 161 Å². The van der Waals surface area contributed by atoms with Gasteiger partial charge in [-0.1, -0.05) is 80.3 Å². The molecule has 0 bridgehead atoms. The minimum Gasteiger partial charge on any atom is -0.356 e. The number of hydrogen-bond donors (Lipinski definition) is 5. The monoisotopic (exact) mass is 1180 g/mol. The molecule has 0 spiro atoms. The number of fused-ring (bicyclic) bond motifs is 8. The van der Waals surface area contributed by atoms with Gasteiger partial charge in [0.1, 0.15) is 16.3 Å². The molecular formula is C59H59N4O14S4+. The molecule has 6 aromatic rings.